The van der Waals surface area contributed by atoms with Crippen LogP contribution < -0.4 is 0 Å². The molecule has 0 saturated heterocycles. The van der Waals surface area contributed by atoms with Crippen molar-refractivity contribution >= 4 is 34.5 Å². The second kappa shape index (κ2) is 7.59. The van der Waals surface area contributed by atoms with E-state index in [1.807, 2.05) is 81.7 Å². The Morgan fingerprint density at radius 2 is 1.70 bits per heavy atom. The normalized spacial score (nSPS) is 14.1. The fourth-order valence-electron chi connectivity index (χ4n) is 3.25. The van der Waals surface area contributed by atoms with Crippen molar-refractivity contribution in [3.63, 3.8) is 0 Å². The van der Waals surface area contributed by atoms with Gasteiger partial charge in [-0.15, -0.1) is 10.2 Å². The number of halogens is 1. The van der Waals surface area contributed by atoms with Crippen molar-refractivity contribution < 1.29 is 4.79 Å². The molecule has 4 rings (SSSR count). The summed E-state index contributed by atoms with van der Waals surface area (Å²) < 4.78 is 6.20. The summed E-state index contributed by atoms with van der Waals surface area (Å²) in [6.07, 6.45) is 0. The number of rotatable bonds is 3. The molecule has 0 aliphatic carbocycles. The lowest BCUT2D eigenvalue weighted by Crippen LogP contribution is -2.39. The van der Waals surface area contributed by atoms with Crippen LogP contribution in [-0.2, 0) is 13.1 Å². The van der Waals surface area contributed by atoms with Crippen molar-refractivity contribution in [1.82, 2.24) is 19.7 Å². The van der Waals surface area contributed by atoms with Gasteiger partial charge in [0.15, 0.2) is 11.6 Å². The smallest absolute Gasteiger partial charge is 0.254 e. The first-order valence-corrected chi connectivity index (χ1v) is 9.66. The van der Waals surface area contributed by atoms with Gasteiger partial charge >= 0.3 is 0 Å². The highest BCUT2D eigenvalue weighted by Crippen LogP contribution is 2.21. The maximum absolute atomic E-state index is 12.9. The van der Waals surface area contributed by atoms with Crippen LogP contribution in [0.3, 0.4) is 0 Å². The number of nitrogens with zero attached hydrogens (tertiary/aromatic N) is 5. The summed E-state index contributed by atoms with van der Waals surface area (Å²) in [6, 6.07) is 17.9. The van der Waals surface area contributed by atoms with Crippen molar-refractivity contribution in [2.24, 2.45) is 3.21 Å². The van der Waals surface area contributed by atoms with E-state index in [4.69, 9.17) is 0 Å². The molecule has 136 valence electrons. The lowest BCUT2D eigenvalue weighted by molar-refractivity contribution is 0.0707. The molecule has 0 spiro atoms. The number of amides is 1. The minimum atomic E-state index is 0.0182. The fraction of sp³-hybridized carbons (Fsp3) is 0.200. The number of hydrogen-bond acceptors (Lipinski definition) is 4. The van der Waals surface area contributed by atoms with Gasteiger partial charge in [-0.25, -0.2) is 3.21 Å². The number of benzene rings is 2. The Kier molecular flexibility index (Phi) is 5.02. The Morgan fingerprint density at radius 1 is 1.00 bits per heavy atom. The topological polar surface area (TPSA) is 63.4 Å². The molecule has 2 aromatic carbocycles. The molecule has 0 bridgehead atoms. The summed E-state index contributed by atoms with van der Waals surface area (Å²) in [7, 11) is 0. The fourth-order valence-corrected chi connectivity index (χ4v) is 3.47. The molecule has 1 aliphatic rings. The van der Waals surface area contributed by atoms with E-state index in [2.05, 4.69) is 25.5 Å². The van der Waals surface area contributed by atoms with E-state index < -0.39 is 0 Å². The number of fused-ring (bicyclic) bond motifs is 1. The van der Waals surface area contributed by atoms with Gasteiger partial charge in [-0.1, -0.05) is 42.5 Å². The Balaban J connectivity index is 1.52. The summed E-state index contributed by atoms with van der Waals surface area (Å²) >= 11 is 1.96. The van der Waals surface area contributed by atoms with Gasteiger partial charge in [0.25, 0.3) is 5.91 Å². The van der Waals surface area contributed by atoms with Crippen molar-refractivity contribution in [2.75, 3.05) is 6.54 Å². The SMILES string of the molecule is C/C(=N\I)c1nnc2n1CCN(C(=O)c1ccc(-c3ccccc3)cc1)C2. The van der Waals surface area contributed by atoms with Crippen LogP contribution >= 0.6 is 22.9 Å². The highest BCUT2D eigenvalue weighted by molar-refractivity contribution is 14.1. The molecule has 0 unspecified atom stereocenters. The van der Waals surface area contributed by atoms with Crippen molar-refractivity contribution in [3.05, 3.63) is 71.8 Å². The van der Waals surface area contributed by atoms with Crippen LogP contribution in [0, 0.1) is 0 Å². The minimum absolute atomic E-state index is 0.0182. The molecular formula is C20H18IN5O. The highest BCUT2D eigenvalue weighted by atomic mass is 127. The van der Waals surface area contributed by atoms with E-state index in [1.165, 1.54) is 0 Å². The van der Waals surface area contributed by atoms with Crippen LogP contribution in [0.1, 0.15) is 28.9 Å². The largest absolute Gasteiger partial charge is 0.329 e. The monoisotopic (exact) mass is 471 g/mol. The maximum atomic E-state index is 12.9. The van der Waals surface area contributed by atoms with E-state index in [0.29, 0.717) is 25.2 Å². The summed E-state index contributed by atoms with van der Waals surface area (Å²) in [4.78, 5) is 14.7. The van der Waals surface area contributed by atoms with E-state index in [-0.39, 0.29) is 5.91 Å². The zero-order valence-electron chi connectivity index (χ0n) is 14.8. The molecule has 0 fully saturated rings. The quantitative estimate of drug-likeness (QED) is 0.432. The lowest BCUT2D eigenvalue weighted by atomic mass is 10.0. The predicted molar refractivity (Wildman–Crippen MR) is 113 cm³/mol. The third kappa shape index (κ3) is 3.51. The van der Waals surface area contributed by atoms with Gasteiger partial charge in [-0.05, 0) is 30.2 Å². The first kappa shape index (κ1) is 17.8. The third-order valence-electron chi connectivity index (χ3n) is 4.73. The first-order valence-electron chi connectivity index (χ1n) is 8.70. The second-order valence-corrected chi connectivity index (χ2v) is 6.91. The second-order valence-electron chi connectivity index (χ2n) is 6.43. The molecule has 6 nitrogen and oxygen atoms in total. The van der Waals surface area contributed by atoms with E-state index in [9.17, 15) is 4.79 Å². The molecule has 27 heavy (non-hydrogen) atoms. The molecule has 7 heteroatoms. The molecule has 1 aromatic heterocycles. The van der Waals surface area contributed by atoms with Crippen LogP contribution in [0.2, 0.25) is 0 Å². The van der Waals surface area contributed by atoms with Gasteiger partial charge in [-0.2, -0.15) is 0 Å². The molecular weight excluding hydrogens is 453 g/mol. The van der Waals surface area contributed by atoms with Crippen molar-refractivity contribution in [3.8, 4) is 11.1 Å². The van der Waals surface area contributed by atoms with Gasteiger partial charge in [0.1, 0.15) is 0 Å². The zero-order valence-corrected chi connectivity index (χ0v) is 17.0. The molecule has 0 atom stereocenters. The van der Waals surface area contributed by atoms with E-state index in [1.54, 1.807) is 0 Å². The molecule has 0 radical (unpaired) electrons. The standard InChI is InChI=1S/C20H18IN5O/c1-14(22-21)19-24-23-18-13-25(11-12-26(18)19)20(27)17-9-7-16(8-10-17)15-5-3-2-4-6-15/h2-10H,11-13H2,1H3/b22-14+. The Bertz CT molecular complexity index is 995. The summed E-state index contributed by atoms with van der Waals surface area (Å²) in [5.41, 5.74) is 3.77. The Labute approximate surface area is 171 Å². The van der Waals surface area contributed by atoms with Crippen molar-refractivity contribution in [1.29, 1.82) is 0 Å². The maximum Gasteiger partial charge on any atom is 0.254 e. The Hall–Kier alpha value is -2.55. The average Bonchev–Trinajstić information content (AvgIpc) is 3.16. The summed E-state index contributed by atoms with van der Waals surface area (Å²) in [5, 5.41) is 8.46. The van der Waals surface area contributed by atoms with Gasteiger partial charge in [0, 0.05) is 18.7 Å². The lowest BCUT2D eigenvalue weighted by Gasteiger charge is -2.28. The molecule has 3 aromatic rings. The Morgan fingerprint density at radius 3 is 2.41 bits per heavy atom. The van der Waals surface area contributed by atoms with Crippen molar-refractivity contribution in [2.45, 2.75) is 20.0 Å². The number of aromatic nitrogens is 3. The van der Waals surface area contributed by atoms with Gasteiger partial charge in [0.2, 0.25) is 0 Å². The van der Waals surface area contributed by atoms with Crippen LogP contribution in [0.25, 0.3) is 11.1 Å². The predicted octanol–water partition coefficient (Wildman–Crippen LogP) is 3.76. The van der Waals surface area contributed by atoms with Gasteiger partial charge in [-0.3, -0.25) is 4.79 Å². The van der Waals surface area contributed by atoms with Crippen LogP contribution in [0.15, 0.2) is 57.8 Å². The van der Waals surface area contributed by atoms with Crippen LogP contribution in [-0.4, -0.2) is 37.8 Å². The zero-order chi connectivity index (χ0) is 18.8. The molecule has 2 heterocycles. The summed E-state index contributed by atoms with van der Waals surface area (Å²) in [6.45, 7) is 3.68. The number of carbonyl (C=O) groups is 1. The molecule has 0 saturated carbocycles. The van der Waals surface area contributed by atoms with E-state index in [0.717, 1.165) is 28.5 Å². The van der Waals surface area contributed by atoms with Crippen LogP contribution in [0.4, 0.5) is 0 Å². The van der Waals surface area contributed by atoms with Gasteiger partial charge in [0.05, 0.1) is 35.1 Å². The first-order chi connectivity index (χ1) is 13.2. The summed E-state index contributed by atoms with van der Waals surface area (Å²) in [5.74, 6) is 1.59. The highest BCUT2D eigenvalue weighted by Gasteiger charge is 2.25. The third-order valence-corrected chi connectivity index (χ3v) is 5.45. The number of carbonyl (C=O) groups excluding carboxylic acids is 1. The molecule has 0 N–H and O–H groups in total. The number of hydrogen-bond donors (Lipinski definition) is 0. The van der Waals surface area contributed by atoms with Crippen LogP contribution in [0.5, 0.6) is 0 Å². The molecule has 1 aliphatic heterocycles. The minimum Gasteiger partial charge on any atom is -0.329 e. The van der Waals surface area contributed by atoms with Gasteiger partial charge < -0.3 is 9.47 Å². The average molecular weight is 471 g/mol. The van der Waals surface area contributed by atoms with E-state index >= 15 is 0 Å². The molecule has 1 amide bonds.